The number of anilines is 3. The molecule has 1 amide bonds. The van der Waals surface area contributed by atoms with E-state index in [1.54, 1.807) is 6.07 Å². The zero-order valence-electron chi connectivity index (χ0n) is 13.4. The maximum atomic E-state index is 12.3. The van der Waals surface area contributed by atoms with E-state index in [1.807, 2.05) is 55.1 Å². The molecule has 0 fully saturated rings. The summed E-state index contributed by atoms with van der Waals surface area (Å²) in [6.07, 6.45) is 0.0262. The number of amides is 1. The molecule has 3 rings (SSSR count). The molecule has 0 aromatic heterocycles. The fourth-order valence-electron chi connectivity index (χ4n) is 2.70. The summed E-state index contributed by atoms with van der Waals surface area (Å²) in [5.41, 5.74) is 9.35. The van der Waals surface area contributed by atoms with E-state index in [2.05, 4.69) is 5.32 Å². The first-order chi connectivity index (χ1) is 11.0. The van der Waals surface area contributed by atoms with E-state index in [9.17, 15) is 4.79 Å². The molecule has 120 valence electrons. The second-order valence-corrected chi connectivity index (χ2v) is 5.95. The first-order valence-electron chi connectivity index (χ1n) is 7.69. The molecule has 0 saturated heterocycles. The van der Waals surface area contributed by atoms with Crippen molar-refractivity contribution in [3.05, 3.63) is 48.0 Å². The summed E-state index contributed by atoms with van der Waals surface area (Å²) in [5.74, 6) is 0.706. The third kappa shape index (κ3) is 3.56. The number of nitrogens with two attached hydrogens (primary N) is 1. The molecule has 3 N–H and O–H groups in total. The molecular weight excluding hydrogens is 290 g/mol. The predicted octanol–water partition coefficient (Wildman–Crippen LogP) is 2.80. The molecule has 1 heterocycles. The zero-order chi connectivity index (χ0) is 16.4. The van der Waals surface area contributed by atoms with Gasteiger partial charge in [0.1, 0.15) is 11.9 Å². The molecule has 23 heavy (non-hydrogen) atoms. The van der Waals surface area contributed by atoms with E-state index in [0.29, 0.717) is 12.2 Å². The van der Waals surface area contributed by atoms with Crippen LogP contribution in [-0.4, -0.2) is 25.1 Å². The lowest BCUT2D eigenvalue weighted by molar-refractivity contribution is -0.115. The van der Waals surface area contributed by atoms with E-state index >= 15 is 0 Å². The Hall–Kier alpha value is -2.69. The number of nitrogens with one attached hydrogen (secondary N) is 1. The number of nitrogens with zero attached hydrogens (tertiary/aromatic N) is 1. The van der Waals surface area contributed by atoms with Crippen molar-refractivity contribution in [2.24, 2.45) is 0 Å². The van der Waals surface area contributed by atoms with Crippen molar-refractivity contribution >= 4 is 23.0 Å². The van der Waals surface area contributed by atoms with Gasteiger partial charge in [0, 0.05) is 11.4 Å². The number of aryl methyl sites for hydroxylation is 1. The summed E-state index contributed by atoms with van der Waals surface area (Å²) >= 11 is 0. The second kappa shape index (κ2) is 6.20. The normalized spacial score (nSPS) is 16.4. The smallest absolute Gasteiger partial charge is 0.243 e. The molecule has 1 unspecified atom stereocenters. The monoisotopic (exact) mass is 311 g/mol. The van der Waals surface area contributed by atoms with Gasteiger partial charge in [0.15, 0.2) is 0 Å². The molecule has 5 nitrogen and oxygen atoms in total. The lowest BCUT2D eigenvalue weighted by Gasteiger charge is -2.34. The summed E-state index contributed by atoms with van der Waals surface area (Å²) in [4.78, 5) is 14.3. The third-order valence-corrected chi connectivity index (χ3v) is 3.80. The number of ether oxygens (including phenoxy) is 1. The Kier molecular flexibility index (Phi) is 4.10. The minimum Gasteiger partial charge on any atom is -0.487 e. The zero-order valence-corrected chi connectivity index (χ0v) is 13.4. The second-order valence-electron chi connectivity index (χ2n) is 5.95. The third-order valence-electron chi connectivity index (χ3n) is 3.80. The highest BCUT2D eigenvalue weighted by atomic mass is 16.5. The minimum absolute atomic E-state index is 0.0262. The van der Waals surface area contributed by atoms with Crippen LogP contribution in [0.4, 0.5) is 17.1 Å². The van der Waals surface area contributed by atoms with E-state index in [-0.39, 0.29) is 18.6 Å². The molecule has 2 aromatic rings. The van der Waals surface area contributed by atoms with Gasteiger partial charge in [0.25, 0.3) is 0 Å². The highest BCUT2D eigenvalue weighted by Crippen LogP contribution is 2.34. The first-order valence-corrected chi connectivity index (χ1v) is 7.69. The Labute approximate surface area is 136 Å². The van der Waals surface area contributed by atoms with Crippen LogP contribution in [0.25, 0.3) is 0 Å². The van der Waals surface area contributed by atoms with Crippen LogP contribution in [0.15, 0.2) is 42.5 Å². The standard InChI is InChI=1S/C18H21N3O2/c1-12-3-6-15(7-4-12)20-18(22)11-21-10-13(2)23-17-8-5-14(19)9-16(17)21/h3-9,13H,10-11,19H2,1-2H3,(H,20,22). The minimum atomic E-state index is -0.0590. The van der Waals surface area contributed by atoms with Crippen LogP contribution in [0.3, 0.4) is 0 Å². The van der Waals surface area contributed by atoms with Gasteiger partial charge in [-0.25, -0.2) is 0 Å². The van der Waals surface area contributed by atoms with Crippen molar-refractivity contribution in [1.82, 2.24) is 0 Å². The summed E-state index contributed by atoms with van der Waals surface area (Å²) < 4.78 is 5.80. The van der Waals surface area contributed by atoms with Crippen molar-refractivity contribution in [3.63, 3.8) is 0 Å². The molecular formula is C18H21N3O2. The number of fused-ring (bicyclic) bond motifs is 1. The maximum Gasteiger partial charge on any atom is 0.243 e. The van der Waals surface area contributed by atoms with Gasteiger partial charge in [0.2, 0.25) is 5.91 Å². The highest BCUT2D eigenvalue weighted by Gasteiger charge is 2.24. The van der Waals surface area contributed by atoms with Gasteiger partial charge in [-0.05, 0) is 44.2 Å². The Morgan fingerprint density at radius 1 is 1.30 bits per heavy atom. The lowest BCUT2D eigenvalue weighted by atomic mass is 10.1. The molecule has 1 atom stereocenters. The largest absolute Gasteiger partial charge is 0.487 e. The Balaban J connectivity index is 1.73. The van der Waals surface area contributed by atoms with Crippen molar-refractivity contribution in [2.75, 3.05) is 29.0 Å². The number of hydrogen-bond donors (Lipinski definition) is 2. The van der Waals surface area contributed by atoms with E-state index < -0.39 is 0 Å². The Morgan fingerprint density at radius 2 is 2.04 bits per heavy atom. The molecule has 1 aliphatic heterocycles. The molecule has 0 spiro atoms. The average Bonchev–Trinajstić information content (AvgIpc) is 2.50. The van der Waals surface area contributed by atoms with Crippen LogP contribution in [0, 0.1) is 6.92 Å². The number of carbonyl (C=O) groups excluding carboxylic acids is 1. The van der Waals surface area contributed by atoms with Gasteiger partial charge in [-0.15, -0.1) is 0 Å². The number of nitrogen functional groups attached to an aromatic ring is 1. The van der Waals surface area contributed by atoms with Crippen LogP contribution < -0.4 is 20.7 Å². The first kappa shape index (κ1) is 15.2. The van der Waals surface area contributed by atoms with E-state index in [4.69, 9.17) is 10.5 Å². The molecule has 0 radical (unpaired) electrons. The molecule has 5 heteroatoms. The van der Waals surface area contributed by atoms with Gasteiger partial charge in [-0.2, -0.15) is 0 Å². The SMILES string of the molecule is Cc1ccc(NC(=O)CN2CC(C)Oc3ccc(N)cc32)cc1. The quantitative estimate of drug-likeness (QED) is 0.855. The predicted molar refractivity (Wildman–Crippen MR) is 93.0 cm³/mol. The summed E-state index contributed by atoms with van der Waals surface area (Å²) in [6, 6.07) is 13.3. The molecule has 2 aromatic carbocycles. The topological polar surface area (TPSA) is 67.6 Å². The van der Waals surface area contributed by atoms with Crippen LogP contribution in [0.5, 0.6) is 5.75 Å². The van der Waals surface area contributed by atoms with Gasteiger partial charge in [0.05, 0.1) is 18.8 Å². The fourth-order valence-corrected chi connectivity index (χ4v) is 2.70. The number of hydrogen-bond acceptors (Lipinski definition) is 4. The maximum absolute atomic E-state index is 12.3. The van der Waals surface area contributed by atoms with E-state index in [1.165, 1.54) is 0 Å². The molecule has 1 aliphatic rings. The van der Waals surface area contributed by atoms with Crippen molar-refractivity contribution in [1.29, 1.82) is 0 Å². The van der Waals surface area contributed by atoms with Gasteiger partial charge in [-0.1, -0.05) is 17.7 Å². The van der Waals surface area contributed by atoms with Gasteiger partial charge < -0.3 is 20.7 Å². The van der Waals surface area contributed by atoms with Crippen LogP contribution in [0.2, 0.25) is 0 Å². The summed E-state index contributed by atoms with van der Waals surface area (Å²) in [6.45, 7) is 4.92. The van der Waals surface area contributed by atoms with Crippen molar-refractivity contribution in [3.8, 4) is 5.75 Å². The number of benzene rings is 2. The molecule has 0 saturated carbocycles. The fraction of sp³-hybridized carbons (Fsp3) is 0.278. The Bertz CT molecular complexity index is 713. The van der Waals surface area contributed by atoms with Crippen molar-refractivity contribution in [2.45, 2.75) is 20.0 Å². The van der Waals surface area contributed by atoms with Gasteiger partial charge in [-0.3, -0.25) is 4.79 Å². The van der Waals surface area contributed by atoms with Crippen LogP contribution in [-0.2, 0) is 4.79 Å². The number of rotatable bonds is 3. The van der Waals surface area contributed by atoms with Crippen LogP contribution >= 0.6 is 0 Å². The van der Waals surface area contributed by atoms with E-state index in [0.717, 1.165) is 22.7 Å². The molecule has 0 bridgehead atoms. The van der Waals surface area contributed by atoms with Crippen molar-refractivity contribution < 1.29 is 9.53 Å². The van der Waals surface area contributed by atoms with Crippen LogP contribution in [0.1, 0.15) is 12.5 Å². The molecule has 0 aliphatic carbocycles. The van der Waals surface area contributed by atoms with Gasteiger partial charge >= 0.3 is 0 Å². The summed E-state index contributed by atoms with van der Waals surface area (Å²) in [5, 5.41) is 2.92. The Morgan fingerprint density at radius 3 is 2.78 bits per heavy atom. The average molecular weight is 311 g/mol. The highest BCUT2D eigenvalue weighted by molar-refractivity contribution is 5.94. The number of carbonyl (C=O) groups is 1. The summed E-state index contributed by atoms with van der Waals surface area (Å²) in [7, 11) is 0. The lowest BCUT2D eigenvalue weighted by Crippen LogP contribution is -2.42.